The Morgan fingerprint density at radius 1 is 1.44 bits per heavy atom. The largest absolute Gasteiger partial charge is 0.388 e. The van der Waals surface area contributed by atoms with Crippen molar-refractivity contribution in [2.75, 3.05) is 0 Å². The highest BCUT2D eigenvalue weighted by molar-refractivity contribution is 5.24. The lowest BCUT2D eigenvalue weighted by Gasteiger charge is -2.31. The molecule has 0 aliphatic heterocycles. The van der Waals surface area contributed by atoms with Crippen molar-refractivity contribution in [3.8, 4) is 0 Å². The molecule has 1 fully saturated rings. The molecule has 1 aliphatic carbocycles. The lowest BCUT2D eigenvalue weighted by molar-refractivity contribution is 0.0708. The average molecular weight is 219 g/mol. The van der Waals surface area contributed by atoms with E-state index in [9.17, 15) is 5.11 Å². The lowest BCUT2D eigenvalue weighted by Crippen LogP contribution is -2.20. The molecule has 1 heterocycles. The second kappa shape index (κ2) is 4.96. The molecular weight excluding hydrogens is 198 g/mol. The van der Waals surface area contributed by atoms with Gasteiger partial charge in [0.15, 0.2) is 0 Å². The zero-order valence-electron chi connectivity index (χ0n) is 10.2. The first-order valence-corrected chi connectivity index (χ1v) is 6.27. The number of aliphatic hydroxyl groups is 1. The predicted molar refractivity (Wildman–Crippen MR) is 65.1 cm³/mol. The Hall–Kier alpha value is -0.890. The third-order valence-corrected chi connectivity index (χ3v) is 3.81. The van der Waals surface area contributed by atoms with Crippen LogP contribution in [0.25, 0.3) is 0 Å². The highest BCUT2D eigenvalue weighted by Gasteiger charge is 2.26. The topological polar surface area (TPSA) is 33.1 Å². The van der Waals surface area contributed by atoms with Crippen LogP contribution in [0, 0.1) is 18.8 Å². The first-order valence-electron chi connectivity index (χ1n) is 6.27. The summed E-state index contributed by atoms with van der Waals surface area (Å²) in [4.78, 5) is 4.08. The number of rotatable bonds is 2. The summed E-state index contributed by atoms with van der Waals surface area (Å²) < 4.78 is 0. The first kappa shape index (κ1) is 11.6. The van der Waals surface area contributed by atoms with Crippen LogP contribution < -0.4 is 0 Å². The molecule has 2 heteroatoms. The molecule has 1 aromatic rings. The second-order valence-electron chi connectivity index (χ2n) is 5.21. The molecule has 1 saturated carbocycles. The van der Waals surface area contributed by atoms with Gasteiger partial charge in [0.2, 0.25) is 0 Å². The third kappa shape index (κ3) is 2.43. The van der Waals surface area contributed by atoms with E-state index in [-0.39, 0.29) is 6.10 Å². The van der Waals surface area contributed by atoms with Crippen molar-refractivity contribution >= 4 is 0 Å². The summed E-state index contributed by atoms with van der Waals surface area (Å²) in [6.45, 7) is 4.32. The summed E-state index contributed by atoms with van der Waals surface area (Å²) in [6.07, 6.45) is 8.20. The van der Waals surface area contributed by atoms with Gasteiger partial charge in [0.1, 0.15) is 0 Å². The number of aliphatic hydroxyl groups excluding tert-OH is 1. The molecular formula is C14H21NO. The molecule has 3 atom stereocenters. The van der Waals surface area contributed by atoms with E-state index < -0.39 is 0 Å². The summed E-state index contributed by atoms with van der Waals surface area (Å²) in [7, 11) is 0. The van der Waals surface area contributed by atoms with Crippen LogP contribution in [0.4, 0.5) is 0 Å². The molecule has 0 radical (unpaired) electrons. The minimum atomic E-state index is -0.300. The molecule has 0 spiro atoms. The molecule has 1 aromatic heterocycles. The van der Waals surface area contributed by atoms with Gasteiger partial charge in [0.25, 0.3) is 0 Å². The standard InChI is InChI=1S/C14H21NO/c1-10-4-3-5-12(8-10)14(16)13-6-7-15-9-11(13)2/h6-7,9-10,12,14,16H,3-5,8H2,1-2H3. The Bertz CT molecular complexity index is 350. The normalized spacial score (nSPS) is 27.7. The van der Waals surface area contributed by atoms with Gasteiger partial charge in [-0.15, -0.1) is 0 Å². The van der Waals surface area contributed by atoms with Crippen LogP contribution in [-0.4, -0.2) is 10.1 Å². The van der Waals surface area contributed by atoms with Gasteiger partial charge in [-0.05, 0) is 48.8 Å². The Morgan fingerprint density at radius 3 is 2.94 bits per heavy atom. The molecule has 0 amide bonds. The number of nitrogens with zero attached hydrogens (tertiary/aromatic N) is 1. The minimum absolute atomic E-state index is 0.300. The van der Waals surface area contributed by atoms with Crippen molar-refractivity contribution in [2.24, 2.45) is 11.8 Å². The zero-order valence-corrected chi connectivity index (χ0v) is 10.2. The van der Waals surface area contributed by atoms with Gasteiger partial charge in [-0.2, -0.15) is 0 Å². The maximum Gasteiger partial charge on any atom is 0.0821 e. The first-order chi connectivity index (χ1) is 7.68. The van der Waals surface area contributed by atoms with E-state index in [0.29, 0.717) is 5.92 Å². The van der Waals surface area contributed by atoms with Crippen molar-refractivity contribution in [1.29, 1.82) is 0 Å². The van der Waals surface area contributed by atoms with E-state index in [0.717, 1.165) is 29.9 Å². The summed E-state index contributed by atoms with van der Waals surface area (Å²) in [6, 6.07) is 1.96. The van der Waals surface area contributed by atoms with Crippen molar-refractivity contribution in [1.82, 2.24) is 4.98 Å². The summed E-state index contributed by atoms with van der Waals surface area (Å²) >= 11 is 0. The maximum atomic E-state index is 10.4. The molecule has 0 saturated heterocycles. The van der Waals surface area contributed by atoms with Crippen LogP contribution in [-0.2, 0) is 0 Å². The number of hydrogen-bond donors (Lipinski definition) is 1. The number of aryl methyl sites for hydroxylation is 1. The fourth-order valence-electron chi connectivity index (χ4n) is 2.84. The van der Waals surface area contributed by atoms with Gasteiger partial charge in [0, 0.05) is 12.4 Å². The van der Waals surface area contributed by atoms with Crippen LogP contribution in [0.2, 0.25) is 0 Å². The van der Waals surface area contributed by atoms with Crippen molar-refractivity contribution in [2.45, 2.75) is 45.6 Å². The summed E-state index contributed by atoms with van der Waals surface area (Å²) in [5.41, 5.74) is 2.17. The number of pyridine rings is 1. The molecule has 88 valence electrons. The van der Waals surface area contributed by atoms with Gasteiger partial charge in [0.05, 0.1) is 6.10 Å². The van der Waals surface area contributed by atoms with E-state index >= 15 is 0 Å². The fraction of sp³-hybridized carbons (Fsp3) is 0.643. The highest BCUT2D eigenvalue weighted by atomic mass is 16.3. The Labute approximate surface area is 97.7 Å². The minimum Gasteiger partial charge on any atom is -0.388 e. The number of aromatic nitrogens is 1. The smallest absolute Gasteiger partial charge is 0.0821 e. The van der Waals surface area contributed by atoms with Gasteiger partial charge in [-0.25, -0.2) is 0 Å². The van der Waals surface area contributed by atoms with Crippen LogP contribution >= 0.6 is 0 Å². The predicted octanol–water partition coefficient (Wildman–Crippen LogP) is 3.25. The van der Waals surface area contributed by atoms with E-state index in [1.807, 2.05) is 19.2 Å². The summed E-state index contributed by atoms with van der Waals surface area (Å²) in [5.74, 6) is 1.19. The molecule has 0 aromatic carbocycles. The lowest BCUT2D eigenvalue weighted by atomic mass is 9.77. The highest BCUT2D eigenvalue weighted by Crippen LogP contribution is 2.37. The average Bonchev–Trinajstić information content (AvgIpc) is 2.29. The molecule has 1 N–H and O–H groups in total. The number of hydrogen-bond acceptors (Lipinski definition) is 2. The molecule has 0 bridgehead atoms. The zero-order chi connectivity index (χ0) is 11.5. The molecule has 2 nitrogen and oxygen atoms in total. The van der Waals surface area contributed by atoms with Crippen molar-refractivity contribution in [3.63, 3.8) is 0 Å². The van der Waals surface area contributed by atoms with Crippen molar-refractivity contribution < 1.29 is 5.11 Å². The van der Waals surface area contributed by atoms with Crippen LogP contribution in [0.1, 0.15) is 49.8 Å². The van der Waals surface area contributed by atoms with Gasteiger partial charge < -0.3 is 5.11 Å². The summed E-state index contributed by atoms with van der Waals surface area (Å²) in [5, 5.41) is 10.4. The van der Waals surface area contributed by atoms with Crippen LogP contribution in [0.3, 0.4) is 0 Å². The van der Waals surface area contributed by atoms with Gasteiger partial charge in [-0.3, -0.25) is 4.98 Å². The van der Waals surface area contributed by atoms with E-state index in [2.05, 4.69) is 11.9 Å². The Balaban J connectivity index is 2.12. The quantitative estimate of drug-likeness (QED) is 0.828. The van der Waals surface area contributed by atoms with E-state index in [1.165, 1.54) is 12.8 Å². The monoisotopic (exact) mass is 219 g/mol. The van der Waals surface area contributed by atoms with Crippen LogP contribution in [0.15, 0.2) is 18.5 Å². The molecule has 16 heavy (non-hydrogen) atoms. The van der Waals surface area contributed by atoms with E-state index in [1.54, 1.807) is 6.20 Å². The third-order valence-electron chi connectivity index (χ3n) is 3.81. The van der Waals surface area contributed by atoms with Gasteiger partial charge in [-0.1, -0.05) is 19.8 Å². The second-order valence-corrected chi connectivity index (χ2v) is 5.21. The van der Waals surface area contributed by atoms with E-state index in [4.69, 9.17) is 0 Å². The molecule has 2 rings (SSSR count). The molecule has 3 unspecified atom stereocenters. The SMILES string of the molecule is Cc1cnccc1C(O)C1CCCC(C)C1. The Morgan fingerprint density at radius 2 is 2.25 bits per heavy atom. The van der Waals surface area contributed by atoms with Crippen LogP contribution in [0.5, 0.6) is 0 Å². The molecule has 1 aliphatic rings. The maximum absolute atomic E-state index is 10.4. The van der Waals surface area contributed by atoms with Gasteiger partial charge >= 0.3 is 0 Å². The Kier molecular flexibility index (Phi) is 3.59. The van der Waals surface area contributed by atoms with Crippen molar-refractivity contribution in [3.05, 3.63) is 29.6 Å². The fourth-order valence-corrected chi connectivity index (χ4v) is 2.84.